The van der Waals surface area contributed by atoms with Gasteiger partial charge in [-0.05, 0) is 43.7 Å². The number of anilines is 2. The van der Waals surface area contributed by atoms with Crippen molar-refractivity contribution < 1.29 is 5.11 Å². The van der Waals surface area contributed by atoms with Crippen molar-refractivity contribution in [1.82, 2.24) is 14.4 Å². The summed E-state index contributed by atoms with van der Waals surface area (Å²) in [6, 6.07) is 11.6. The van der Waals surface area contributed by atoms with Crippen LogP contribution in [0.5, 0.6) is 5.75 Å². The van der Waals surface area contributed by atoms with Crippen LogP contribution in [0.2, 0.25) is 0 Å². The van der Waals surface area contributed by atoms with Gasteiger partial charge in [0, 0.05) is 28.1 Å². The van der Waals surface area contributed by atoms with Gasteiger partial charge >= 0.3 is 0 Å². The zero-order valence-corrected chi connectivity index (χ0v) is 15.9. The smallest absolute Gasteiger partial charge is 0.157 e. The maximum atomic E-state index is 10.4. The van der Waals surface area contributed by atoms with Crippen molar-refractivity contribution in [3.05, 3.63) is 70.6 Å². The fourth-order valence-corrected chi connectivity index (χ4v) is 3.35. The second kappa shape index (κ2) is 6.46. The zero-order valence-electron chi connectivity index (χ0n) is 14.4. The van der Waals surface area contributed by atoms with Gasteiger partial charge in [0.15, 0.2) is 5.65 Å². The van der Waals surface area contributed by atoms with Gasteiger partial charge in [0.05, 0.1) is 6.20 Å². The molecular weight excluding hydrogens is 392 g/mol. The fourth-order valence-electron chi connectivity index (χ4n) is 2.99. The van der Waals surface area contributed by atoms with Crippen LogP contribution in [0.3, 0.4) is 0 Å². The number of fused-ring (bicyclic) bond motifs is 1. The first-order valence-corrected chi connectivity index (χ1v) is 8.97. The molecule has 0 saturated heterocycles. The molecule has 6 heteroatoms. The van der Waals surface area contributed by atoms with Gasteiger partial charge in [-0.3, -0.25) is 9.38 Å². The molecule has 4 rings (SSSR count). The average molecular weight is 409 g/mol. The van der Waals surface area contributed by atoms with Crippen LogP contribution in [0.25, 0.3) is 16.9 Å². The highest BCUT2D eigenvalue weighted by Gasteiger charge is 2.18. The summed E-state index contributed by atoms with van der Waals surface area (Å²) in [5.41, 5.74) is 5.35. The van der Waals surface area contributed by atoms with E-state index in [1.807, 2.05) is 16.7 Å². The molecule has 0 radical (unpaired) electrons. The summed E-state index contributed by atoms with van der Waals surface area (Å²) < 4.78 is 2.81. The van der Waals surface area contributed by atoms with E-state index < -0.39 is 0 Å². The molecule has 2 N–H and O–H groups in total. The van der Waals surface area contributed by atoms with E-state index in [0.717, 1.165) is 21.5 Å². The lowest BCUT2D eigenvalue weighted by molar-refractivity contribution is 0.477. The van der Waals surface area contributed by atoms with Crippen LogP contribution < -0.4 is 5.32 Å². The normalized spacial score (nSPS) is 11.0. The molecular formula is C20H17BrN4O. The third-order valence-corrected chi connectivity index (χ3v) is 4.77. The van der Waals surface area contributed by atoms with Crippen LogP contribution in [-0.2, 0) is 0 Å². The maximum Gasteiger partial charge on any atom is 0.157 e. The number of nitrogens with one attached hydrogen (secondary N) is 1. The second-order valence-electron chi connectivity index (χ2n) is 6.22. The lowest BCUT2D eigenvalue weighted by atomic mass is 10.1. The summed E-state index contributed by atoms with van der Waals surface area (Å²) in [5.74, 6) is 0.955. The van der Waals surface area contributed by atoms with E-state index in [-0.39, 0.29) is 5.75 Å². The zero-order chi connectivity index (χ0) is 18.3. The summed E-state index contributed by atoms with van der Waals surface area (Å²) in [4.78, 5) is 8.84. The van der Waals surface area contributed by atoms with E-state index in [1.165, 1.54) is 5.56 Å². The van der Waals surface area contributed by atoms with Crippen LogP contribution in [0.4, 0.5) is 11.5 Å². The lowest BCUT2D eigenvalue weighted by Gasteiger charge is -2.12. The van der Waals surface area contributed by atoms with Crippen LogP contribution >= 0.6 is 15.9 Å². The molecule has 0 saturated carbocycles. The molecule has 0 unspecified atom stereocenters. The Bertz CT molecular complexity index is 1120. The number of phenols is 1. The van der Waals surface area contributed by atoms with Gasteiger partial charge in [-0.1, -0.05) is 33.6 Å². The standard InChI is InChI=1S/C20H17BrN4O/c1-12-3-5-16(13(2)9-12)23-20-19(15-10-14(21)4-6-17(15)26)24-18-11-22-7-8-25(18)20/h3-11,23,26H,1-2H3. The largest absolute Gasteiger partial charge is 0.507 e. The summed E-state index contributed by atoms with van der Waals surface area (Å²) in [6.07, 6.45) is 5.27. The van der Waals surface area contributed by atoms with E-state index in [9.17, 15) is 5.11 Å². The highest BCUT2D eigenvalue weighted by Crippen LogP contribution is 2.37. The van der Waals surface area contributed by atoms with E-state index in [0.29, 0.717) is 16.9 Å². The quantitative estimate of drug-likeness (QED) is 0.487. The first-order chi connectivity index (χ1) is 12.5. The minimum Gasteiger partial charge on any atom is -0.507 e. The lowest BCUT2D eigenvalue weighted by Crippen LogP contribution is -1.99. The molecule has 2 aromatic heterocycles. The summed E-state index contributed by atoms with van der Waals surface area (Å²) >= 11 is 3.47. The van der Waals surface area contributed by atoms with E-state index in [2.05, 4.69) is 63.3 Å². The van der Waals surface area contributed by atoms with Gasteiger partial charge in [0.2, 0.25) is 0 Å². The Hall–Kier alpha value is -2.86. The molecule has 0 amide bonds. The molecule has 26 heavy (non-hydrogen) atoms. The maximum absolute atomic E-state index is 10.4. The predicted octanol–water partition coefficient (Wildman–Crippen LogP) is 5.22. The average Bonchev–Trinajstić information content (AvgIpc) is 2.98. The second-order valence-corrected chi connectivity index (χ2v) is 7.13. The molecule has 0 atom stereocenters. The minimum absolute atomic E-state index is 0.174. The number of nitrogens with zero attached hydrogens (tertiary/aromatic N) is 3. The van der Waals surface area contributed by atoms with Gasteiger partial charge in [0.1, 0.15) is 17.3 Å². The van der Waals surface area contributed by atoms with E-state index >= 15 is 0 Å². The van der Waals surface area contributed by atoms with Crippen LogP contribution in [0.1, 0.15) is 11.1 Å². The van der Waals surface area contributed by atoms with Crippen molar-refractivity contribution >= 4 is 33.1 Å². The van der Waals surface area contributed by atoms with Crippen molar-refractivity contribution in [3.63, 3.8) is 0 Å². The van der Waals surface area contributed by atoms with Crippen molar-refractivity contribution in [1.29, 1.82) is 0 Å². The molecule has 0 spiro atoms. The van der Waals surface area contributed by atoms with Gasteiger partial charge in [-0.15, -0.1) is 0 Å². The Morgan fingerprint density at radius 1 is 1.12 bits per heavy atom. The summed E-state index contributed by atoms with van der Waals surface area (Å²) in [7, 11) is 0. The fraction of sp³-hybridized carbons (Fsp3) is 0.100. The number of aromatic hydroxyl groups is 1. The molecule has 0 bridgehead atoms. The van der Waals surface area contributed by atoms with Crippen LogP contribution in [-0.4, -0.2) is 19.5 Å². The molecule has 130 valence electrons. The van der Waals surface area contributed by atoms with E-state index in [4.69, 9.17) is 0 Å². The van der Waals surface area contributed by atoms with Gasteiger partial charge in [-0.2, -0.15) is 0 Å². The Labute approximate surface area is 159 Å². The molecule has 0 aliphatic heterocycles. The van der Waals surface area contributed by atoms with Gasteiger partial charge in [0.25, 0.3) is 0 Å². The molecule has 0 fully saturated rings. The summed E-state index contributed by atoms with van der Waals surface area (Å²) in [6.45, 7) is 4.14. The predicted molar refractivity (Wildman–Crippen MR) is 107 cm³/mol. The van der Waals surface area contributed by atoms with Crippen molar-refractivity contribution in [3.8, 4) is 17.0 Å². The molecule has 0 aliphatic carbocycles. The van der Waals surface area contributed by atoms with Crippen molar-refractivity contribution in [2.45, 2.75) is 13.8 Å². The van der Waals surface area contributed by atoms with Crippen LogP contribution in [0, 0.1) is 13.8 Å². The molecule has 2 aromatic carbocycles. The Balaban J connectivity index is 1.93. The monoisotopic (exact) mass is 408 g/mol. The number of hydrogen-bond acceptors (Lipinski definition) is 4. The Morgan fingerprint density at radius 3 is 2.77 bits per heavy atom. The highest BCUT2D eigenvalue weighted by atomic mass is 79.9. The molecule has 0 aliphatic rings. The highest BCUT2D eigenvalue weighted by molar-refractivity contribution is 9.10. The number of imidazole rings is 1. The third-order valence-electron chi connectivity index (χ3n) is 4.28. The Kier molecular flexibility index (Phi) is 4.12. The number of benzene rings is 2. The number of aryl methyl sites for hydroxylation is 2. The topological polar surface area (TPSA) is 62.5 Å². The van der Waals surface area contributed by atoms with Gasteiger partial charge < -0.3 is 10.4 Å². The SMILES string of the molecule is Cc1ccc(Nc2c(-c3cc(Br)ccc3O)nc3cnccn23)c(C)c1. The molecule has 2 heterocycles. The van der Waals surface area contributed by atoms with Crippen molar-refractivity contribution in [2.75, 3.05) is 5.32 Å². The summed E-state index contributed by atoms with van der Waals surface area (Å²) in [5, 5.41) is 13.9. The van der Waals surface area contributed by atoms with E-state index in [1.54, 1.807) is 24.5 Å². The van der Waals surface area contributed by atoms with Gasteiger partial charge in [-0.25, -0.2) is 4.98 Å². The first-order valence-electron chi connectivity index (χ1n) is 8.18. The number of phenolic OH excluding ortho intramolecular Hbond substituents is 1. The number of aromatic nitrogens is 3. The Morgan fingerprint density at radius 2 is 1.96 bits per heavy atom. The van der Waals surface area contributed by atoms with Crippen LogP contribution in [0.15, 0.2) is 59.5 Å². The number of rotatable bonds is 3. The number of hydrogen-bond donors (Lipinski definition) is 2. The first kappa shape index (κ1) is 16.6. The molecule has 4 aromatic rings. The number of halogens is 1. The van der Waals surface area contributed by atoms with Crippen molar-refractivity contribution in [2.24, 2.45) is 0 Å². The third kappa shape index (κ3) is 2.93. The minimum atomic E-state index is 0.174. The molecule has 5 nitrogen and oxygen atoms in total.